The molecular weight excluding hydrogens is 254 g/mol. The number of pyridine rings is 1. The predicted molar refractivity (Wildman–Crippen MR) is 67.5 cm³/mol. The Morgan fingerprint density at radius 1 is 1.56 bits per heavy atom. The first-order chi connectivity index (χ1) is 8.69. The van der Waals surface area contributed by atoms with Crippen LogP contribution in [0.5, 0.6) is 0 Å². The van der Waals surface area contributed by atoms with Crippen LogP contribution in [-0.2, 0) is 4.74 Å². The monoisotopic (exact) mass is 267 g/mol. The molecule has 0 saturated carbocycles. The summed E-state index contributed by atoms with van der Waals surface area (Å²) in [6.45, 7) is 1.38. The van der Waals surface area contributed by atoms with Gasteiger partial charge in [-0.05, 0) is 12.1 Å². The quantitative estimate of drug-likeness (QED) is 0.575. The van der Waals surface area contributed by atoms with Crippen molar-refractivity contribution in [3.8, 4) is 6.07 Å². The smallest absolute Gasteiger partial charge is 0.272 e. The summed E-state index contributed by atoms with van der Waals surface area (Å²) in [7, 11) is 1.67. The molecule has 0 saturated heterocycles. The van der Waals surface area contributed by atoms with Crippen molar-refractivity contribution in [2.24, 2.45) is 0 Å². The molecule has 6 heteroatoms. The van der Waals surface area contributed by atoms with Gasteiger partial charge in [0.15, 0.2) is 0 Å². The second-order valence-electron chi connectivity index (χ2n) is 3.57. The van der Waals surface area contributed by atoms with Crippen molar-refractivity contribution in [2.75, 3.05) is 32.7 Å². The molecule has 1 aromatic heterocycles. The number of hydrogen-bond donors (Lipinski definition) is 0. The van der Waals surface area contributed by atoms with Crippen LogP contribution in [0.2, 0.25) is 0 Å². The number of aromatic nitrogens is 1. The topological polar surface area (TPSA) is 66.2 Å². The van der Waals surface area contributed by atoms with Crippen molar-refractivity contribution in [1.29, 1.82) is 5.26 Å². The number of amides is 1. The number of likely N-dealkylation sites (N-methyl/N-ethyl adjacent to an activating group) is 1. The molecule has 0 unspecified atom stereocenters. The second-order valence-corrected chi connectivity index (χ2v) is 3.95. The highest BCUT2D eigenvalue weighted by Crippen LogP contribution is 2.02. The number of hydrogen-bond acceptors (Lipinski definition) is 4. The maximum absolute atomic E-state index is 11.9. The number of carbonyl (C=O) groups excluding carboxylic acids is 1. The van der Waals surface area contributed by atoms with Gasteiger partial charge in [0.2, 0.25) is 0 Å². The first kappa shape index (κ1) is 14.4. The SMILES string of the molecule is CN(CCOCCCl)C(=O)c1ccc(C#N)cn1. The minimum Gasteiger partial charge on any atom is -0.378 e. The second kappa shape index (κ2) is 7.64. The minimum atomic E-state index is -0.200. The normalized spacial score (nSPS) is 9.83. The number of halogens is 1. The number of ether oxygens (including phenoxy) is 1. The Morgan fingerprint density at radius 2 is 2.33 bits per heavy atom. The molecule has 0 aliphatic rings. The zero-order chi connectivity index (χ0) is 13.4. The molecule has 96 valence electrons. The first-order valence-corrected chi connectivity index (χ1v) is 5.98. The molecule has 18 heavy (non-hydrogen) atoms. The average molecular weight is 268 g/mol. The third kappa shape index (κ3) is 4.32. The van der Waals surface area contributed by atoms with E-state index >= 15 is 0 Å². The highest BCUT2D eigenvalue weighted by Gasteiger charge is 2.12. The fraction of sp³-hybridized carbons (Fsp3) is 0.417. The molecule has 0 atom stereocenters. The van der Waals surface area contributed by atoms with Crippen LogP contribution in [0.1, 0.15) is 16.1 Å². The van der Waals surface area contributed by atoms with Crippen molar-refractivity contribution in [3.05, 3.63) is 29.6 Å². The van der Waals surface area contributed by atoms with Gasteiger partial charge in [-0.2, -0.15) is 5.26 Å². The highest BCUT2D eigenvalue weighted by molar-refractivity contribution is 6.17. The van der Waals surface area contributed by atoms with Gasteiger partial charge in [-0.25, -0.2) is 4.98 Å². The van der Waals surface area contributed by atoms with Crippen LogP contribution in [-0.4, -0.2) is 48.5 Å². The molecule has 0 N–H and O–H groups in total. The molecule has 0 aliphatic heterocycles. The Labute approximate surface area is 111 Å². The van der Waals surface area contributed by atoms with Crippen molar-refractivity contribution >= 4 is 17.5 Å². The third-order valence-corrected chi connectivity index (χ3v) is 2.41. The van der Waals surface area contributed by atoms with Crippen LogP contribution in [0.25, 0.3) is 0 Å². The lowest BCUT2D eigenvalue weighted by Gasteiger charge is -2.16. The Morgan fingerprint density at radius 3 is 2.89 bits per heavy atom. The molecular formula is C12H14ClN3O2. The van der Waals surface area contributed by atoms with E-state index in [2.05, 4.69) is 4.98 Å². The molecule has 5 nitrogen and oxygen atoms in total. The van der Waals surface area contributed by atoms with E-state index in [0.717, 1.165) is 0 Å². The molecule has 1 aromatic rings. The number of carbonyl (C=O) groups is 1. The molecule has 1 amide bonds. The van der Waals surface area contributed by atoms with Crippen LogP contribution in [0.15, 0.2) is 18.3 Å². The Kier molecular flexibility index (Phi) is 6.12. The molecule has 0 fully saturated rings. The summed E-state index contributed by atoms with van der Waals surface area (Å²) in [6.07, 6.45) is 1.38. The highest BCUT2D eigenvalue weighted by atomic mass is 35.5. The summed E-state index contributed by atoms with van der Waals surface area (Å²) in [5.74, 6) is 0.239. The zero-order valence-electron chi connectivity index (χ0n) is 10.1. The van der Waals surface area contributed by atoms with Gasteiger partial charge in [0.25, 0.3) is 5.91 Å². The van der Waals surface area contributed by atoms with E-state index in [4.69, 9.17) is 21.6 Å². The van der Waals surface area contributed by atoms with E-state index in [0.29, 0.717) is 36.9 Å². The van der Waals surface area contributed by atoms with Gasteiger partial charge >= 0.3 is 0 Å². The minimum absolute atomic E-state index is 0.200. The molecule has 1 heterocycles. The van der Waals surface area contributed by atoms with Crippen molar-refractivity contribution in [2.45, 2.75) is 0 Å². The van der Waals surface area contributed by atoms with Crippen LogP contribution in [0.3, 0.4) is 0 Å². The van der Waals surface area contributed by atoms with Crippen LogP contribution < -0.4 is 0 Å². The summed E-state index contributed by atoms with van der Waals surface area (Å²) in [4.78, 5) is 17.4. The maximum atomic E-state index is 11.9. The van der Waals surface area contributed by atoms with Crippen LogP contribution in [0.4, 0.5) is 0 Å². The largest absolute Gasteiger partial charge is 0.378 e. The molecule has 1 rings (SSSR count). The number of alkyl halides is 1. The standard InChI is InChI=1S/C12H14ClN3O2/c1-16(5-7-18-6-4-13)12(17)11-3-2-10(8-14)9-15-11/h2-3,9H,4-7H2,1H3. The van der Waals surface area contributed by atoms with Crippen LogP contribution >= 0.6 is 11.6 Å². The van der Waals surface area contributed by atoms with Gasteiger partial charge in [-0.1, -0.05) is 0 Å². The van der Waals surface area contributed by atoms with Gasteiger partial charge < -0.3 is 9.64 Å². The molecule has 0 aliphatic carbocycles. The van der Waals surface area contributed by atoms with E-state index in [1.807, 2.05) is 6.07 Å². The summed E-state index contributed by atoms with van der Waals surface area (Å²) in [5.41, 5.74) is 0.744. The summed E-state index contributed by atoms with van der Waals surface area (Å²) in [6, 6.07) is 5.06. The average Bonchev–Trinajstić information content (AvgIpc) is 2.42. The van der Waals surface area contributed by atoms with Gasteiger partial charge in [0.05, 0.1) is 18.8 Å². The first-order valence-electron chi connectivity index (χ1n) is 5.44. The lowest BCUT2D eigenvalue weighted by Crippen LogP contribution is -2.30. The van der Waals surface area contributed by atoms with E-state index in [1.165, 1.54) is 17.2 Å². The summed E-state index contributed by atoms with van der Waals surface area (Å²) < 4.78 is 5.19. The fourth-order valence-electron chi connectivity index (χ4n) is 1.24. The van der Waals surface area contributed by atoms with Crippen molar-refractivity contribution in [1.82, 2.24) is 9.88 Å². The lowest BCUT2D eigenvalue weighted by molar-refractivity contribution is 0.0706. The third-order valence-electron chi connectivity index (χ3n) is 2.25. The van der Waals surface area contributed by atoms with E-state index in [1.54, 1.807) is 13.1 Å². The maximum Gasteiger partial charge on any atom is 0.272 e. The van der Waals surface area contributed by atoms with Gasteiger partial charge in [-0.3, -0.25) is 4.79 Å². The number of rotatable bonds is 6. The molecule has 0 bridgehead atoms. The predicted octanol–water partition coefficient (Wildman–Crippen LogP) is 1.28. The Hall–Kier alpha value is -1.64. The van der Waals surface area contributed by atoms with Crippen molar-refractivity contribution < 1.29 is 9.53 Å². The van der Waals surface area contributed by atoms with Gasteiger partial charge in [0, 0.05) is 25.7 Å². The number of nitrogens with zero attached hydrogens (tertiary/aromatic N) is 3. The van der Waals surface area contributed by atoms with E-state index in [-0.39, 0.29) is 5.91 Å². The van der Waals surface area contributed by atoms with Crippen LogP contribution in [0, 0.1) is 11.3 Å². The molecule has 0 aromatic carbocycles. The summed E-state index contributed by atoms with van der Waals surface area (Å²) >= 11 is 5.46. The fourth-order valence-corrected chi connectivity index (χ4v) is 1.35. The molecule has 0 radical (unpaired) electrons. The van der Waals surface area contributed by atoms with Gasteiger partial charge in [-0.15, -0.1) is 11.6 Å². The lowest BCUT2D eigenvalue weighted by atomic mass is 10.2. The Bertz CT molecular complexity index is 428. The van der Waals surface area contributed by atoms with Gasteiger partial charge in [0.1, 0.15) is 11.8 Å². The molecule has 0 spiro atoms. The van der Waals surface area contributed by atoms with E-state index < -0.39 is 0 Å². The van der Waals surface area contributed by atoms with Crippen molar-refractivity contribution in [3.63, 3.8) is 0 Å². The van der Waals surface area contributed by atoms with E-state index in [9.17, 15) is 4.79 Å². The Balaban J connectivity index is 2.49. The zero-order valence-corrected chi connectivity index (χ0v) is 10.9. The number of nitriles is 1. The summed E-state index contributed by atoms with van der Waals surface area (Å²) in [5, 5.41) is 8.63.